The van der Waals surface area contributed by atoms with Crippen molar-refractivity contribution in [1.29, 1.82) is 0 Å². The van der Waals surface area contributed by atoms with Crippen LogP contribution in [-0.4, -0.2) is 67.6 Å². The monoisotopic (exact) mass is 426 g/mol. The molecule has 0 radical (unpaired) electrons. The number of halogens is 3. The molecule has 8 heteroatoms. The van der Waals surface area contributed by atoms with Crippen molar-refractivity contribution in [3.05, 3.63) is 34.9 Å². The van der Waals surface area contributed by atoms with Gasteiger partial charge in [-0.25, -0.2) is 4.79 Å². The lowest BCUT2D eigenvalue weighted by molar-refractivity contribution is -0.0872. The van der Waals surface area contributed by atoms with E-state index in [2.05, 4.69) is 30.9 Å². The standard InChI is InChI=1S/C18H25ClN2O2.2ClH.H2O/c1-20(2)16-9-8-12-10-21(3)11-14(16)17(12)23-18(22)13-6-4-5-7-15(13)19;;;/h4-7,12,14,16-17H,8-11H2,1-3H3;2*1H;1H2/t12?,14?,16-,17+;;;/m0.../s1. The maximum absolute atomic E-state index is 12.6. The molecule has 1 heterocycles. The molecule has 0 amide bonds. The summed E-state index contributed by atoms with van der Waals surface area (Å²) in [4.78, 5) is 17.2. The number of piperidine rings is 1. The fourth-order valence-electron chi connectivity index (χ4n) is 4.23. The van der Waals surface area contributed by atoms with Crippen LogP contribution in [0.2, 0.25) is 5.02 Å². The highest BCUT2D eigenvalue weighted by molar-refractivity contribution is 6.33. The number of carbonyl (C=O) groups excluding carboxylic acids is 1. The van der Waals surface area contributed by atoms with Crippen LogP contribution in [-0.2, 0) is 4.74 Å². The molecule has 2 N–H and O–H groups in total. The number of benzene rings is 1. The molecule has 2 unspecified atom stereocenters. The number of rotatable bonds is 3. The summed E-state index contributed by atoms with van der Waals surface area (Å²) < 4.78 is 5.98. The molecule has 1 aromatic carbocycles. The average Bonchev–Trinajstić information content (AvgIpc) is 2.48. The Morgan fingerprint density at radius 3 is 2.46 bits per heavy atom. The summed E-state index contributed by atoms with van der Waals surface area (Å²) in [7, 11) is 6.39. The SMILES string of the molecule is CN1CC2CC[C@H](N(C)C)C(C1)[C@@H]2OC(=O)c1ccccc1Cl.Cl.Cl.O. The predicted octanol–water partition coefficient (Wildman–Crippen LogP) is 2.79. The van der Waals surface area contributed by atoms with Crippen molar-refractivity contribution >= 4 is 42.4 Å². The van der Waals surface area contributed by atoms with Gasteiger partial charge in [0.25, 0.3) is 0 Å². The average molecular weight is 428 g/mol. The molecule has 0 aromatic heterocycles. The van der Waals surface area contributed by atoms with Crippen molar-refractivity contribution in [2.45, 2.75) is 25.0 Å². The molecule has 2 aliphatic rings. The van der Waals surface area contributed by atoms with Crippen LogP contribution in [0.4, 0.5) is 0 Å². The zero-order valence-corrected chi connectivity index (χ0v) is 17.7. The summed E-state index contributed by atoms with van der Waals surface area (Å²) in [5.74, 6) is 0.481. The molecule has 2 bridgehead atoms. The van der Waals surface area contributed by atoms with E-state index in [9.17, 15) is 4.79 Å². The molecule has 1 saturated carbocycles. The number of esters is 1. The Morgan fingerprint density at radius 1 is 1.19 bits per heavy atom. The minimum absolute atomic E-state index is 0. The predicted molar refractivity (Wildman–Crippen MR) is 110 cm³/mol. The van der Waals surface area contributed by atoms with E-state index < -0.39 is 0 Å². The lowest BCUT2D eigenvalue weighted by Crippen LogP contribution is -2.59. The van der Waals surface area contributed by atoms with Gasteiger partial charge in [0.15, 0.2) is 0 Å². The van der Waals surface area contributed by atoms with Gasteiger partial charge < -0.3 is 20.0 Å². The maximum atomic E-state index is 12.6. The van der Waals surface area contributed by atoms with Gasteiger partial charge in [0.1, 0.15) is 6.10 Å². The third-order valence-electron chi connectivity index (χ3n) is 5.28. The molecule has 2 fully saturated rings. The van der Waals surface area contributed by atoms with E-state index in [0.29, 0.717) is 28.5 Å². The molecule has 4 atom stereocenters. The number of nitrogens with zero attached hydrogens (tertiary/aromatic N) is 2. The molecule has 3 rings (SSSR count). The number of hydrogen-bond acceptors (Lipinski definition) is 4. The molecule has 5 nitrogen and oxygen atoms in total. The quantitative estimate of drug-likeness (QED) is 0.696. The van der Waals surface area contributed by atoms with Crippen molar-refractivity contribution in [3.63, 3.8) is 0 Å². The van der Waals surface area contributed by atoms with Crippen LogP contribution < -0.4 is 0 Å². The van der Waals surface area contributed by atoms with E-state index in [0.717, 1.165) is 19.5 Å². The summed E-state index contributed by atoms with van der Waals surface area (Å²) in [5.41, 5.74) is 0.465. The van der Waals surface area contributed by atoms with Gasteiger partial charge >= 0.3 is 5.97 Å². The molecule has 1 saturated heterocycles. The Labute approximate surface area is 173 Å². The minimum atomic E-state index is -0.292. The summed E-state index contributed by atoms with van der Waals surface area (Å²) in [5, 5.41) is 0.458. The Kier molecular flexibility index (Phi) is 10.5. The molecule has 26 heavy (non-hydrogen) atoms. The minimum Gasteiger partial charge on any atom is -0.458 e. The summed E-state index contributed by atoms with van der Waals surface area (Å²) in [6.07, 6.45) is 2.26. The molecule has 1 aromatic rings. The van der Waals surface area contributed by atoms with Crippen molar-refractivity contribution in [3.8, 4) is 0 Å². The normalized spacial score (nSPS) is 27.6. The fraction of sp³-hybridized carbons (Fsp3) is 0.611. The Balaban J connectivity index is 0.00000208. The number of carbonyl (C=O) groups is 1. The second-order valence-electron chi connectivity index (χ2n) is 7.10. The van der Waals surface area contributed by atoms with Gasteiger partial charge in [-0.15, -0.1) is 24.8 Å². The van der Waals surface area contributed by atoms with E-state index in [1.54, 1.807) is 12.1 Å². The van der Waals surface area contributed by atoms with Gasteiger partial charge in [-0.1, -0.05) is 23.7 Å². The van der Waals surface area contributed by atoms with Crippen LogP contribution in [0.3, 0.4) is 0 Å². The second kappa shape index (κ2) is 10.7. The zero-order valence-electron chi connectivity index (χ0n) is 15.4. The number of fused-ring (bicyclic) bond motifs is 2. The van der Waals surface area contributed by atoms with Crippen LogP contribution in [0.1, 0.15) is 23.2 Å². The van der Waals surface area contributed by atoms with Crippen molar-refractivity contribution in [2.75, 3.05) is 34.2 Å². The second-order valence-corrected chi connectivity index (χ2v) is 7.51. The van der Waals surface area contributed by atoms with Gasteiger partial charge in [0.05, 0.1) is 10.6 Å². The molecule has 0 spiro atoms. The van der Waals surface area contributed by atoms with Gasteiger partial charge in [-0.3, -0.25) is 0 Å². The first-order valence-electron chi connectivity index (χ1n) is 8.28. The largest absolute Gasteiger partial charge is 0.458 e. The van der Waals surface area contributed by atoms with E-state index in [-0.39, 0.29) is 42.4 Å². The molecular weight excluding hydrogens is 399 g/mol. The summed E-state index contributed by atoms with van der Waals surface area (Å²) >= 11 is 6.14. The first-order chi connectivity index (χ1) is 11.0. The highest BCUT2D eigenvalue weighted by Gasteiger charge is 2.46. The summed E-state index contributed by atoms with van der Waals surface area (Å²) in [6, 6.07) is 7.57. The fourth-order valence-corrected chi connectivity index (χ4v) is 4.44. The van der Waals surface area contributed by atoms with E-state index in [1.807, 2.05) is 12.1 Å². The number of likely N-dealkylation sites (tertiary alicyclic amines) is 1. The van der Waals surface area contributed by atoms with Crippen LogP contribution in [0, 0.1) is 11.8 Å². The van der Waals surface area contributed by atoms with Gasteiger partial charge in [-0.05, 0) is 46.1 Å². The maximum Gasteiger partial charge on any atom is 0.339 e. The number of hydrogen-bond donors (Lipinski definition) is 0. The first kappa shape index (κ1) is 25.4. The van der Waals surface area contributed by atoms with E-state index >= 15 is 0 Å². The number of ether oxygens (including phenoxy) is 1. The molecule has 1 aliphatic heterocycles. The molecule has 150 valence electrons. The van der Waals surface area contributed by atoms with Gasteiger partial charge in [0.2, 0.25) is 0 Å². The molecule has 1 aliphatic carbocycles. The van der Waals surface area contributed by atoms with E-state index in [4.69, 9.17) is 16.3 Å². The lowest BCUT2D eigenvalue weighted by Gasteiger charge is -2.50. The Bertz CT molecular complexity index is 589. The highest BCUT2D eigenvalue weighted by atomic mass is 35.5. The van der Waals surface area contributed by atoms with Crippen LogP contribution in [0.5, 0.6) is 0 Å². The third kappa shape index (κ3) is 5.24. The smallest absolute Gasteiger partial charge is 0.339 e. The van der Waals surface area contributed by atoms with Crippen LogP contribution in [0.15, 0.2) is 24.3 Å². The van der Waals surface area contributed by atoms with Crippen LogP contribution >= 0.6 is 36.4 Å². The Morgan fingerprint density at radius 2 is 1.85 bits per heavy atom. The van der Waals surface area contributed by atoms with Crippen molar-refractivity contribution < 1.29 is 15.0 Å². The topological polar surface area (TPSA) is 64.3 Å². The first-order valence-corrected chi connectivity index (χ1v) is 8.65. The Hall–Kier alpha value is -0.560. The lowest BCUT2D eigenvalue weighted by atomic mass is 9.72. The van der Waals surface area contributed by atoms with Gasteiger partial charge in [-0.2, -0.15) is 0 Å². The van der Waals surface area contributed by atoms with E-state index in [1.165, 1.54) is 6.42 Å². The highest BCUT2D eigenvalue weighted by Crippen LogP contribution is 2.39. The van der Waals surface area contributed by atoms with Gasteiger partial charge in [0, 0.05) is 31.0 Å². The van der Waals surface area contributed by atoms with Crippen molar-refractivity contribution in [2.24, 2.45) is 11.8 Å². The third-order valence-corrected chi connectivity index (χ3v) is 5.61. The summed E-state index contributed by atoms with van der Waals surface area (Å²) in [6.45, 7) is 1.97. The molecular formula is C18H29Cl3N2O3. The van der Waals surface area contributed by atoms with Crippen LogP contribution in [0.25, 0.3) is 0 Å². The zero-order chi connectivity index (χ0) is 16.6. The van der Waals surface area contributed by atoms with Crippen molar-refractivity contribution in [1.82, 2.24) is 9.80 Å².